The summed E-state index contributed by atoms with van der Waals surface area (Å²) in [5.74, 6) is 0.869. The maximum Gasteiger partial charge on any atom is 0.203 e. The van der Waals surface area contributed by atoms with Crippen molar-refractivity contribution in [2.75, 3.05) is 13.2 Å². The fraction of sp³-hybridized carbons (Fsp3) is 0.333. The normalized spacial score (nSPS) is 19.9. The second kappa shape index (κ2) is 3.14. The summed E-state index contributed by atoms with van der Waals surface area (Å²) in [6.45, 7) is 0.195. The van der Waals surface area contributed by atoms with Crippen LogP contribution in [0.25, 0.3) is 0 Å². The number of aliphatic hydroxyl groups excluding tert-OH is 1. The predicted octanol–water partition coefficient (Wildman–Crippen LogP) is 0.524. The minimum Gasteiger partial charge on any atom is -0.504 e. The highest BCUT2D eigenvalue weighted by molar-refractivity contribution is 5.51. The van der Waals surface area contributed by atoms with Gasteiger partial charge in [-0.2, -0.15) is 0 Å². The van der Waals surface area contributed by atoms with Crippen molar-refractivity contribution in [3.63, 3.8) is 0 Å². The monoisotopic (exact) mass is 182 g/mol. The summed E-state index contributed by atoms with van der Waals surface area (Å²) >= 11 is 0. The van der Waals surface area contributed by atoms with Gasteiger partial charge in [0.25, 0.3) is 0 Å². The molecule has 0 radical (unpaired) electrons. The standard InChI is InChI=1S/C9H10O4/c10-4-6-5-12-8-3-1-2-7(11)9(8)13-6/h1-3,6,10-11H,4-5H2/t6-/m0/s1. The first kappa shape index (κ1) is 8.19. The van der Waals surface area contributed by atoms with Crippen LogP contribution in [0.3, 0.4) is 0 Å². The van der Waals surface area contributed by atoms with Gasteiger partial charge in [-0.05, 0) is 12.1 Å². The van der Waals surface area contributed by atoms with E-state index in [1.54, 1.807) is 12.1 Å². The minimum absolute atomic E-state index is 0.0376. The highest BCUT2D eigenvalue weighted by Gasteiger charge is 2.22. The molecule has 0 saturated heterocycles. The summed E-state index contributed by atoms with van der Waals surface area (Å²) in [5.41, 5.74) is 0. The topological polar surface area (TPSA) is 58.9 Å². The van der Waals surface area contributed by atoms with Gasteiger partial charge < -0.3 is 19.7 Å². The second-order valence-corrected chi connectivity index (χ2v) is 2.84. The van der Waals surface area contributed by atoms with Crippen LogP contribution in [0, 0.1) is 0 Å². The molecule has 1 atom stereocenters. The van der Waals surface area contributed by atoms with Crippen LogP contribution in [0.2, 0.25) is 0 Å². The zero-order valence-corrected chi connectivity index (χ0v) is 6.93. The van der Waals surface area contributed by atoms with Gasteiger partial charge in [0.05, 0.1) is 6.61 Å². The summed E-state index contributed by atoms with van der Waals surface area (Å²) in [6, 6.07) is 4.90. The van der Waals surface area contributed by atoms with Crippen molar-refractivity contribution in [1.29, 1.82) is 0 Å². The van der Waals surface area contributed by atoms with Crippen molar-refractivity contribution in [3.05, 3.63) is 18.2 Å². The Morgan fingerprint density at radius 2 is 2.31 bits per heavy atom. The molecule has 0 saturated carbocycles. The molecule has 2 rings (SSSR count). The van der Waals surface area contributed by atoms with Gasteiger partial charge in [0.15, 0.2) is 17.6 Å². The molecule has 1 aliphatic rings. The number of aliphatic hydroxyl groups is 1. The molecular formula is C9H10O4. The Balaban J connectivity index is 2.32. The van der Waals surface area contributed by atoms with Gasteiger partial charge >= 0.3 is 0 Å². The molecule has 0 unspecified atom stereocenters. The summed E-state index contributed by atoms with van der Waals surface area (Å²) < 4.78 is 10.5. The molecule has 1 aliphatic heterocycles. The van der Waals surface area contributed by atoms with Crippen molar-refractivity contribution in [3.8, 4) is 17.2 Å². The Kier molecular flexibility index (Phi) is 1.98. The van der Waals surface area contributed by atoms with Crippen molar-refractivity contribution in [2.24, 2.45) is 0 Å². The molecule has 0 amide bonds. The van der Waals surface area contributed by atoms with E-state index in [0.717, 1.165) is 0 Å². The van der Waals surface area contributed by atoms with Gasteiger partial charge in [-0.15, -0.1) is 0 Å². The molecule has 0 bridgehead atoms. The molecule has 2 N–H and O–H groups in total. The molecule has 4 heteroatoms. The number of hydrogen-bond donors (Lipinski definition) is 2. The summed E-state index contributed by atoms with van der Waals surface area (Å²) in [4.78, 5) is 0. The van der Waals surface area contributed by atoms with E-state index >= 15 is 0 Å². The molecule has 1 aromatic rings. The van der Waals surface area contributed by atoms with Crippen molar-refractivity contribution >= 4 is 0 Å². The largest absolute Gasteiger partial charge is 0.504 e. The van der Waals surface area contributed by atoms with Crippen LogP contribution in [0.1, 0.15) is 0 Å². The number of rotatable bonds is 1. The van der Waals surface area contributed by atoms with E-state index < -0.39 is 0 Å². The second-order valence-electron chi connectivity index (χ2n) is 2.84. The van der Waals surface area contributed by atoms with Crippen LogP contribution < -0.4 is 9.47 Å². The van der Waals surface area contributed by atoms with Gasteiger partial charge in [-0.3, -0.25) is 0 Å². The average Bonchev–Trinajstić information content (AvgIpc) is 2.18. The molecule has 70 valence electrons. The molecule has 0 aromatic heterocycles. The van der Waals surface area contributed by atoms with E-state index in [0.29, 0.717) is 18.1 Å². The third-order valence-corrected chi connectivity index (χ3v) is 1.87. The predicted molar refractivity (Wildman–Crippen MR) is 45.1 cm³/mol. The number of ether oxygens (including phenoxy) is 2. The summed E-state index contributed by atoms with van der Waals surface area (Å²) in [7, 11) is 0. The quantitative estimate of drug-likeness (QED) is 0.665. The first-order chi connectivity index (χ1) is 6.31. The van der Waals surface area contributed by atoms with Crippen LogP contribution in [0.15, 0.2) is 18.2 Å². The highest BCUT2D eigenvalue weighted by atomic mass is 16.6. The number of phenolic OH excluding ortho intramolecular Hbond substituents is 1. The molecule has 1 heterocycles. The maximum atomic E-state index is 9.38. The fourth-order valence-corrected chi connectivity index (χ4v) is 1.21. The molecule has 0 aliphatic carbocycles. The molecule has 0 spiro atoms. The molecule has 13 heavy (non-hydrogen) atoms. The maximum absolute atomic E-state index is 9.38. The van der Waals surface area contributed by atoms with E-state index in [4.69, 9.17) is 14.6 Å². The van der Waals surface area contributed by atoms with Crippen molar-refractivity contribution in [2.45, 2.75) is 6.10 Å². The fourth-order valence-electron chi connectivity index (χ4n) is 1.21. The molecule has 4 nitrogen and oxygen atoms in total. The SMILES string of the molecule is OC[C@H]1COc2cccc(O)c2O1. The van der Waals surface area contributed by atoms with Crippen molar-refractivity contribution < 1.29 is 19.7 Å². The number of phenols is 1. The lowest BCUT2D eigenvalue weighted by Gasteiger charge is -2.25. The van der Waals surface area contributed by atoms with Crippen LogP contribution in [0.4, 0.5) is 0 Å². The van der Waals surface area contributed by atoms with Gasteiger partial charge in [0, 0.05) is 0 Å². The van der Waals surface area contributed by atoms with Gasteiger partial charge in [0.1, 0.15) is 6.61 Å². The van der Waals surface area contributed by atoms with Gasteiger partial charge in [0.2, 0.25) is 5.75 Å². The molecule has 0 fully saturated rings. The lowest BCUT2D eigenvalue weighted by molar-refractivity contribution is 0.0431. The van der Waals surface area contributed by atoms with Gasteiger partial charge in [-0.25, -0.2) is 0 Å². The Hall–Kier alpha value is -1.42. The number of benzene rings is 1. The minimum atomic E-state index is -0.388. The smallest absolute Gasteiger partial charge is 0.203 e. The third-order valence-electron chi connectivity index (χ3n) is 1.87. The Labute approximate surface area is 75.3 Å². The number of aromatic hydroxyl groups is 1. The lowest BCUT2D eigenvalue weighted by Crippen LogP contribution is -2.32. The number of para-hydroxylation sites is 1. The van der Waals surface area contributed by atoms with E-state index in [9.17, 15) is 5.11 Å². The summed E-state index contributed by atoms with van der Waals surface area (Å²) in [6.07, 6.45) is -0.388. The van der Waals surface area contributed by atoms with E-state index in [1.807, 2.05) is 0 Å². The highest BCUT2D eigenvalue weighted by Crippen LogP contribution is 2.39. The Morgan fingerprint density at radius 1 is 1.46 bits per heavy atom. The Morgan fingerprint density at radius 3 is 3.08 bits per heavy atom. The van der Waals surface area contributed by atoms with E-state index in [2.05, 4.69) is 0 Å². The van der Waals surface area contributed by atoms with E-state index in [1.165, 1.54) is 6.07 Å². The first-order valence-electron chi connectivity index (χ1n) is 4.03. The lowest BCUT2D eigenvalue weighted by atomic mass is 10.2. The third kappa shape index (κ3) is 1.40. The average molecular weight is 182 g/mol. The molecule has 1 aromatic carbocycles. The zero-order valence-electron chi connectivity index (χ0n) is 6.93. The Bertz CT molecular complexity index is 310. The number of hydrogen-bond acceptors (Lipinski definition) is 4. The van der Waals surface area contributed by atoms with Crippen molar-refractivity contribution in [1.82, 2.24) is 0 Å². The molecular weight excluding hydrogens is 172 g/mol. The summed E-state index contributed by atoms with van der Waals surface area (Å²) in [5, 5.41) is 18.2. The first-order valence-corrected chi connectivity index (χ1v) is 4.03. The van der Waals surface area contributed by atoms with Crippen LogP contribution in [-0.2, 0) is 0 Å². The zero-order chi connectivity index (χ0) is 9.26. The van der Waals surface area contributed by atoms with Crippen LogP contribution in [0.5, 0.6) is 17.2 Å². The van der Waals surface area contributed by atoms with Crippen LogP contribution in [-0.4, -0.2) is 29.5 Å². The number of fused-ring (bicyclic) bond motifs is 1. The van der Waals surface area contributed by atoms with Crippen LogP contribution >= 0.6 is 0 Å². The van der Waals surface area contributed by atoms with Gasteiger partial charge in [-0.1, -0.05) is 6.07 Å². The van der Waals surface area contributed by atoms with E-state index in [-0.39, 0.29) is 18.5 Å².